The summed E-state index contributed by atoms with van der Waals surface area (Å²) in [6.45, 7) is 41.2. The lowest BCUT2D eigenvalue weighted by Gasteiger charge is -2.18. The van der Waals surface area contributed by atoms with Crippen LogP contribution in [0.4, 0.5) is 0 Å². The molecule has 0 heterocycles. The fraction of sp³-hybridized carbons (Fsp3) is 0.448. The lowest BCUT2D eigenvalue weighted by molar-refractivity contribution is 0.771. The molecular formula is C58H86. The first-order valence-electron chi connectivity index (χ1n) is 22.0. The SMILES string of the molecule is CC(C)=C/C=C(C)/C=C/C(C)C.CC(C)=C/C=C/C(C)C.CC(C)=C/C=C1/C(C)=C(/C=C/C(C)C)c2ccccc21.CC(C)=C/C=C1\CCCC(/C=C/C(C)C)=C1C. The Morgan fingerprint density at radius 1 is 0.500 bits per heavy atom. The molecule has 58 heavy (non-hydrogen) atoms. The number of benzene rings is 1. The van der Waals surface area contributed by atoms with Gasteiger partial charge in [-0.25, -0.2) is 0 Å². The summed E-state index contributed by atoms with van der Waals surface area (Å²) in [6, 6.07) is 8.69. The van der Waals surface area contributed by atoms with Crippen LogP contribution in [0.15, 0.2) is 166 Å². The van der Waals surface area contributed by atoms with Gasteiger partial charge in [-0.3, -0.25) is 0 Å². The molecule has 0 atom stereocenters. The average molecular weight is 783 g/mol. The average Bonchev–Trinajstić information content (AvgIpc) is 3.40. The van der Waals surface area contributed by atoms with Gasteiger partial charge in [0.2, 0.25) is 0 Å². The van der Waals surface area contributed by atoms with E-state index in [1.54, 1.807) is 0 Å². The second-order valence-corrected chi connectivity index (χ2v) is 18.2. The maximum atomic E-state index is 2.33. The third-order valence-electron chi connectivity index (χ3n) is 9.05. The van der Waals surface area contributed by atoms with Crippen molar-refractivity contribution in [2.45, 2.75) is 151 Å². The summed E-state index contributed by atoms with van der Waals surface area (Å²) in [4.78, 5) is 0. The molecule has 2 aliphatic rings. The summed E-state index contributed by atoms with van der Waals surface area (Å²) < 4.78 is 0. The molecule has 1 aromatic rings. The Kier molecular flexibility index (Phi) is 27.8. The summed E-state index contributed by atoms with van der Waals surface area (Å²) in [5.41, 5.74) is 18.0. The zero-order valence-corrected chi connectivity index (χ0v) is 40.9. The number of allylic oxidation sites excluding steroid dienone is 26. The van der Waals surface area contributed by atoms with Crippen molar-refractivity contribution in [2.24, 2.45) is 23.7 Å². The van der Waals surface area contributed by atoms with Crippen LogP contribution in [0.1, 0.15) is 162 Å². The van der Waals surface area contributed by atoms with Crippen LogP contribution in [0.3, 0.4) is 0 Å². The third-order valence-corrected chi connectivity index (χ3v) is 9.05. The molecule has 0 fully saturated rings. The Morgan fingerprint density at radius 3 is 1.52 bits per heavy atom. The van der Waals surface area contributed by atoms with Crippen LogP contribution in [0.2, 0.25) is 0 Å². The van der Waals surface area contributed by atoms with Gasteiger partial charge in [-0.05, 0) is 164 Å². The predicted octanol–water partition coefficient (Wildman–Crippen LogP) is 18.9. The summed E-state index contributed by atoms with van der Waals surface area (Å²) in [5, 5.41) is 0. The molecule has 0 unspecified atom stereocenters. The van der Waals surface area contributed by atoms with Crippen LogP contribution in [0.25, 0.3) is 11.1 Å². The second-order valence-electron chi connectivity index (χ2n) is 18.2. The zero-order valence-electron chi connectivity index (χ0n) is 40.9. The van der Waals surface area contributed by atoms with Crippen LogP contribution >= 0.6 is 0 Å². The van der Waals surface area contributed by atoms with Crippen molar-refractivity contribution in [3.05, 3.63) is 177 Å². The minimum Gasteiger partial charge on any atom is -0.0820 e. The highest BCUT2D eigenvalue weighted by molar-refractivity contribution is 6.02. The molecule has 0 bridgehead atoms. The molecular weight excluding hydrogens is 697 g/mol. The molecule has 0 saturated carbocycles. The van der Waals surface area contributed by atoms with Crippen LogP contribution in [0.5, 0.6) is 0 Å². The maximum Gasteiger partial charge on any atom is -0.0102 e. The molecule has 0 spiro atoms. The number of rotatable bonds is 11. The van der Waals surface area contributed by atoms with Gasteiger partial charge in [0.25, 0.3) is 0 Å². The molecule has 1 aromatic carbocycles. The van der Waals surface area contributed by atoms with E-state index in [-0.39, 0.29) is 0 Å². The second kappa shape index (κ2) is 30.0. The molecule has 2 aliphatic carbocycles. The van der Waals surface area contributed by atoms with Gasteiger partial charge in [-0.1, -0.05) is 199 Å². The van der Waals surface area contributed by atoms with Gasteiger partial charge >= 0.3 is 0 Å². The van der Waals surface area contributed by atoms with E-state index in [1.165, 1.54) is 91.7 Å². The number of fused-ring (bicyclic) bond motifs is 1. The molecule has 0 radical (unpaired) electrons. The monoisotopic (exact) mass is 783 g/mol. The largest absolute Gasteiger partial charge is 0.0820 e. The van der Waals surface area contributed by atoms with E-state index < -0.39 is 0 Å². The van der Waals surface area contributed by atoms with Gasteiger partial charge in [0.1, 0.15) is 0 Å². The molecule has 3 rings (SSSR count). The Bertz CT molecular complexity index is 1790. The molecule has 0 saturated heterocycles. The highest BCUT2D eigenvalue weighted by atomic mass is 14.2. The maximum absolute atomic E-state index is 2.33. The Morgan fingerprint density at radius 2 is 1.00 bits per heavy atom. The normalized spacial score (nSPS) is 15.7. The first-order chi connectivity index (χ1) is 27.2. The van der Waals surface area contributed by atoms with E-state index >= 15 is 0 Å². The Balaban J connectivity index is 0.000000781. The van der Waals surface area contributed by atoms with E-state index in [9.17, 15) is 0 Å². The Labute approximate surface area is 360 Å². The van der Waals surface area contributed by atoms with Crippen molar-refractivity contribution >= 4 is 11.1 Å². The van der Waals surface area contributed by atoms with Crippen molar-refractivity contribution in [1.29, 1.82) is 0 Å². The highest BCUT2D eigenvalue weighted by Crippen LogP contribution is 2.41. The van der Waals surface area contributed by atoms with Gasteiger partial charge < -0.3 is 0 Å². The third kappa shape index (κ3) is 25.3. The number of hydrogen-bond donors (Lipinski definition) is 0. The van der Waals surface area contributed by atoms with Crippen LogP contribution in [-0.4, -0.2) is 0 Å². The van der Waals surface area contributed by atoms with Gasteiger partial charge in [0.15, 0.2) is 0 Å². The Hall–Kier alpha value is -4.16. The lowest BCUT2D eigenvalue weighted by atomic mass is 9.87. The summed E-state index contributed by atoms with van der Waals surface area (Å²) in [6.07, 6.45) is 37.0. The van der Waals surface area contributed by atoms with Gasteiger partial charge in [0.05, 0.1) is 0 Å². The molecule has 0 aromatic heterocycles. The fourth-order valence-corrected chi connectivity index (χ4v) is 5.68. The summed E-state index contributed by atoms with van der Waals surface area (Å²) in [5.74, 6) is 2.52. The van der Waals surface area contributed by atoms with Crippen molar-refractivity contribution < 1.29 is 0 Å². The molecule has 318 valence electrons. The van der Waals surface area contributed by atoms with E-state index in [0.717, 1.165) is 0 Å². The number of hydrogen-bond acceptors (Lipinski definition) is 0. The zero-order chi connectivity index (χ0) is 44.4. The van der Waals surface area contributed by atoms with Crippen molar-refractivity contribution in [3.8, 4) is 0 Å². The lowest BCUT2D eigenvalue weighted by Crippen LogP contribution is -1.99. The van der Waals surface area contributed by atoms with Gasteiger partial charge in [-0.15, -0.1) is 0 Å². The van der Waals surface area contributed by atoms with Crippen LogP contribution < -0.4 is 0 Å². The smallest absolute Gasteiger partial charge is 0.0102 e. The van der Waals surface area contributed by atoms with Crippen LogP contribution in [-0.2, 0) is 0 Å². The topological polar surface area (TPSA) is 0 Å². The minimum absolute atomic E-state index is 0.577. The highest BCUT2D eigenvalue weighted by Gasteiger charge is 2.21. The van der Waals surface area contributed by atoms with Crippen molar-refractivity contribution in [1.82, 2.24) is 0 Å². The molecule has 0 N–H and O–H groups in total. The van der Waals surface area contributed by atoms with E-state index in [1.807, 2.05) is 0 Å². The van der Waals surface area contributed by atoms with Crippen LogP contribution in [0, 0.1) is 23.7 Å². The first kappa shape index (κ1) is 53.8. The van der Waals surface area contributed by atoms with Crippen molar-refractivity contribution in [2.75, 3.05) is 0 Å². The standard InChI is InChI=1S/C20H24.C17H26.C12H20.C9H16/c1-14(2)10-12-17-16(5)18(13-11-15(3)4)20-9-7-6-8-19(17)20;1-13(2)9-11-16-7-6-8-17(15(16)5)12-10-14(3)4;1-10(2)6-8-12(5)9-7-11(3)4;1-8(2)6-5-7-9(3)4/h6-14H,1-5H3;9-13H,6-8H2,1-5H3;6-10H,1-5H3;5-8H,1-4H3/b12-10+,18-13-;11-9+,17-12+;8-6+,12-9+;6-5+. The minimum atomic E-state index is 0.577. The molecule has 0 aliphatic heterocycles. The van der Waals surface area contributed by atoms with Gasteiger partial charge in [-0.2, -0.15) is 0 Å². The molecule has 0 nitrogen and oxygen atoms in total. The van der Waals surface area contributed by atoms with Gasteiger partial charge in [0, 0.05) is 0 Å². The first-order valence-corrected chi connectivity index (χ1v) is 22.0. The predicted molar refractivity (Wildman–Crippen MR) is 269 cm³/mol. The molecule has 0 heteroatoms. The summed E-state index contributed by atoms with van der Waals surface area (Å²) >= 11 is 0. The van der Waals surface area contributed by atoms with E-state index in [4.69, 9.17) is 0 Å². The quantitative estimate of drug-likeness (QED) is 0.196. The molecule has 0 amide bonds. The van der Waals surface area contributed by atoms with E-state index in [2.05, 4.69) is 247 Å². The summed E-state index contributed by atoms with van der Waals surface area (Å²) in [7, 11) is 0. The fourth-order valence-electron chi connectivity index (χ4n) is 5.68. The van der Waals surface area contributed by atoms with E-state index in [0.29, 0.717) is 23.7 Å². The van der Waals surface area contributed by atoms with Crippen molar-refractivity contribution in [3.63, 3.8) is 0 Å².